The number of ether oxygens (including phenoxy) is 4. The predicted molar refractivity (Wildman–Crippen MR) is 168 cm³/mol. The molecule has 0 aromatic heterocycles. The molecule has 0 bridgehead atoms. The van der Waals surface area contributed by atoms with Crippen molar-refractivity contribution < 1.29 is 67.8 Å². The molecule has 0 spiro atoms. The van der Waals surface area contributed by atoms with E-state index in [4.69, 9.17) is 28.7 Å². The van der Waals surface area contributed by atoms with Gasteiger partial charge in [0.25, 0.3) is 11.8 Å². The summed E-state index contributed by atoms with van der Waals surface area (Å²) in [7, 11) is -4.37. The van der Waals surface area contributed by atoms with Crippen LogP contribution in [0.4, 0.5) is 5.69 Å². The fraction of sp³-hybridized carbons (Fsp3) is 0.600. The van der Waals surface area contributed by atoms with Gasteiger partial charge in [-0.2, -0.15) is 0 Å². The molecule has 1 aromatic rings. The van der Waals surface area contributed by atoms with Crippen molar-refractivity contribution >= 4 is 36.9 Å². The first-order valence-electron chi connectivity index (χ1n) is 15.6. The summed E-state index contributed by atoms with van der Waals surface area (Å²) in [5.74, 6) is -0.818. The molecule has 0 aliphatic carbocycles. The number of rotatable bonds is 21. The number of nitrogens with zero attached hydrogens (tertiary/aromatic N) is 1. The van der Waals surface area contributed by atoms with E-state index in [2.05, 4.69) is 10.6 Å². The van der Waals surface area contributed by atoms with Crippen LogP contribution < -0.4 is 15.4 Å². The van der Waals surface area contributed by atoms with Crippen LogP contribution in [-0.2, 0) is 38.0 Å². The Bertz CT molecular complexity index is 1270. The number of imide groups is 1. The smallest absolute Gasteiger partial charge is 0.325 e. The van der Waals surface area contributed by atoms with E-state index in [1.165, 1.54) is 41.3 Å². The number of carbonyl (C=O) groups excluding carboxylic acids is 4. The second kappa shape index (κ2) is 19.7. The zero-order valence-corrected chi connectivity index (χ0v) is 27.2. The number of nitrogens with one attached hydrogen (secondary N) is 2. The highest BCUT2D eigenvalue weighted by atomic mass is 31.2. The van der Waals surface area contributed by atoms with E-state index in [1.54, 1.807) is 0 Å². The van der Waals surface area contributed by atoms with Gasteiger partial charge >= 0.3 is 7.60 Å². The highest BCUT2D eigenvalue weighted by Crippen LogP contribution is 2.37. The maximum atomic E-state index is 12.2. The molecular formula is C30H44N3O14P. The molecule has 17 nitrogen and oxygen atoms in total. The molecule has 268 valence electrons. The number of aliphatic hydroxyl groups excluding tert-OH is 3. The Morgan fingerprint density at radius 1 is 0.833 bits per heavy atom. The van der Waals surface area contributed by atoms with Gasteiger partial charge in [0.2, 0.25) is 18.1 Å². The van der Waals surface area contributed by atoms with E-state index in [0.717, 1.165) is 0 Å². The van der Waals surface area contributed by atoms with Crippen molar-refractivity contribution in [1.29, 1.82) is 0 Å². The second-order valence-electron chi connectivity index (χ2n) is 11.2. The van der Waals surface area contributed by atoms with Gasteiger partial charge in [0.05, 0.1) is 45.1 Å². The van der Waals surface area contributed by atoms with Crippen LogP contribution in [0.15, 0.2) is 36.4 Å². The summed E-state index contributed by atoms with van der Waals surface area (Å²) in [6.07, 6.45) is -3.39. The first-order chi connectivity index (χ1) is 22.8. The molecule has 2 heterocycles. The third kappa shape index (κ3) is 13.7. The van der Waals surface area contributed by atoms with Gasteiger partial charge in [-0.15, -0.1) is 0 Å². The van der Waals surface area contributed by atoms with Crippen molar-refractivity contribution in [2.75, 3.05) is 51.0 Å². The van der Waals surface area contributed by atoms with Gasteiger partial charge in [-0.3, -0.25) is 28.6 Å². The minimum absolute atomic E-state index is 0.0775. The van der Waals surface area contributed by atoms with Crippen molar-refractivity contribution in [2.24, 2.45) is 0 Å². The van der Waals surface area contributed by atoms with E-state index in [0.29, 0.717) is 51.1 Å². The molecule has 0 saturated carbocycles. The van der Waals surface area contributed by atoms with Crippen molar-refractivity contribution in [1.82, 2.24) is 10.2 Å². The lowest BCUT2D eigenvalue weighted by atomic mass is 9.97. The summed E-state index contributed by atoms with van der Waals surface area (Å²) in [6.45, 7) is 1.67. The van der Waals surface area contributed by atoms with Crippen molar-refractivity contribution in [3.8, 4) is 5.75 Å². The average Bonchev–Trinajstić information content (AvgIpc) is 3.36. The Kier molecular flexibility index (Phi) is 16.1. The lowest BCUT2D eigenvalue weighted by Gasteiger charge is -2.40. The molecular weight excluding hydrogens is 657 g/mol. The number of hydrogen-bond donors (Lipinski definition) is 7. The molecule has 3 rings (SSSR count). The van der Waals surface area contributed by atoms with E-state index in [-0.39, 0.29) is 62.0 Å². The number of anilines is 1. The zero-order chi connectivity index (χ0) is 35.1. The first-order valence-corrected chi connectivity index (χ1v) is 17.4. The van der Waals surface area contributed by atoms with Crippen LogP contribution in [0, 0.1) is 0 Å². The number of unbranched alkanes of at least 4 members (excludes halogenated alkanes) is 2. The summed E-state index contributed by atoms with van der Waals surface area (Å²) in [4.78, 5) is 66.5. The summed E-state index contributed by atoms with van der Waals surface area (Å²) >= 11 is 0. The highest BCUT2D eigenvalue weighted by Gasteiger charge is 2.45. The Hall–Kier alpha value is -3.25. The molecule has 7 N–H and O–H groups in total. The molecule has 2 aliphatic heterocycles. The Morgan fingerprint density at radius 2 is 1.50 bits per heavy atom. The van der Waals surface area contributed by atoms with Gasteiger partial charge in [0.1, 0.15) is 24.1 Å². The molecule has 0 radical (unpaired) electrons. The summed E-state index contributed by atoms with van der Waals surface area (Å²) in [5, 5.41) is 35.9. The third-order valence-electron chi connectivity index (χ3n) is 7.36. The topological polar surface area (TPSA) is 251 Å². The van der Waals surface area contributed by atoms with Crippen LogP contribution in [0.25, 0.3) is 0 Å². The minimum Gasteiger partial charge on any atom is -0.462 e. The maximum Gasteiger partial charge on any atom is 0.325 e. The van der Waals surface area contributed by atoms with E-state index in [1.807, 2.05) is 0 Å². The quantitative estimate of drug-likeness (QED) is 0.0481. The monoisotopic (exact) mass is 701 g/mol. The van der Waals surface area contributed by atoms with Gasteiger partial charge < -0.3 is 54.7 Å². The molecule has 18 heteroatoms. The molecule has 2 aliphatic rings. The number of benzene rings is 1. The Balaban J connectivity index is 1.20. The van der Waals surface area contributed by atoms with Crippen LogP contribution in [-0.4, -0.2) is 130 Å². The second-order valence-corrected chi connectivity index (χ2v) is 13.0. The van der Waals surface area contributed by atoms with Gasteiger partial charge in [0.15, 0.2) is 0 Å². The standard InChI is InChI=1S/C30H44N3O14P/c34-23(4-2-1-3-14-33-25(36)9-10-26(33)37)31-13-16-45-18-17-44-15-11-24(35)32-20-5-7-21(8-6-20)46-30-29(40)28(39)27(38)22(47-30)12-19-48(41,42)43/h5-10,22,27-30,38-40H,1-4,11-19H2,(H,31,34)(H,32,35)(H2,41,42,43)/t22-,27-,28+,29+,30+/m1/s1. The fourth-order valence-electron chi connectivity index (χ4n) is 4.74. The maximum absolute atomic E-state index is 12.2. The Morgan fingerprint density at radius 3 is 2.17 bits per heavy atom. The molecule has 0 unspecified atom stereocenters. The van der Waals surface area contributed by atoms with Gasteiger partial charge in [-0.1, -0.05) is 6.42 Å². The SMILES string of the molecule is O=C(CCCCCN1C(=O)C=CC1=O)NCCOCCOCCC(=O)Nc1ccc(O[C@H]2O[C@H](CCP(=O)(O)O)[C@@H](O)[C@H](O)[C@@H]2O)cc1. The zero-order valence-electron chi connectivity index (χ0n) is 26.3. The van der Waals surface area contributed by atoms with Gasteiger partial charge in [0, 0.05) is 37.3 Å². The molecule has 4 amide bonds. The lowest BCUT2D eigenvalue weighted by molar-refractivity contribution is -0.272. The average molecular weight is 702 g/mol. The number of amides is 4. The van der Waals surface area contributed by atoms with Gasteiger partial charge in [-0.25, -0.2) is 0 Å². The number of hydrogen-bond acceptors (Lipinski definition) is 12. The van der Waals surface area contributed by atoms with Crippen molar-refractivity contribution in [3.63, 3.8) is 0 Å². The number of carbonyl (C=O) groups is 4. The molecule has 1 saturated heterocycles. The van der Waals surface area contributed by atoms with Gasteiger partial charge in [-0.05, 0) is 43.5 Å². The van der Waals surface area contributed by atoms with E-state index < -0.39 is 44.5 Å². The molecule has 48 heavy (non-hydrogen) atoms. The molecule has 1 fully saturated rings. The van der Waals surface area contributed by atoms with Crippen LogP contribution in [0.3, 0.4) is 0 Å². The van der Waals surface area contributed by atoms with Crippen LogP contribution in [0.1, 0.15) is 38.5 Å². The highest BCUT2D eigenvalue weighted by molar-refractivity contribution is 7.51. The summed E-state index contributed by atoms with van der Waals surface area (Å²) < 4.78 is 33.0. The normalized spacial score (nSPS) is 22.6. The van der Waals surface area contributed by atoms with E-state index >= 15 is 0 Å². The predicted octanol–water partition coefficient (Wildman–Crippen LogP) is -0.596. The minimum atomic E-state index is -4.37. The lowest BCUT2D eigenvalue weighted by Crippen LogP contribution is -2.59. The van der Waals surface area contributed by atoms with Crippen LogP contribution >= 0.6 is 7.60 Å². The fourth-order valence-corrected chi connectivity index (χ4v) is 5.33. The van der Waals surface area contributed by atoms with Crippen molar-refractivity contribution in [2.45, 2.75) is 69.2 Å². The summed E-state index contributed by atoms with van der Waals surface area (Å²) in [5.41, 5.74) is 0.449. The largest absolute Gasteiger partial charge is 0.462 e. The summed E-state index contributed by atoms with van der Waals surface area (Å²) in [6, 6.07) is 6.03. The van der Waals surface area contributed by atoms with Crippen molar-refractivity contribution in [3.05, 3.63) is 36.4 Å². The number of aliphatic hydroxyl groups is 3. The Labute approximate surface area is 277 Å². The van der Waals surface area contributed by atoms with Crippen LogP contribution in [0.5, 0.6) is 5.75 Å². The van der Waals surface area contributed by atoms with E-state index in [9.17, 15) is 39.1 Å². The third-order valence-corrected chi connectivity index (χ3v) is 8.20. The first kappa shape index (κ1) is 39.2. The molecule has 5 atom stereocenters. The molecule has 1 aromatic carbocycles. The van der Waals surface area contributed by atoms with Crippen LogP contribution in [0.2, 0.25) is 0 Å².